The summed E-state index contributed by atoms with van der Waals surface area (Å²) < 4.78 is 5.12. The van der Waals surface area contributed by atoms with Crippen LogP contribution in [0.3, 0.4) is 0 Å². The highest BCUT2D eigenvalue weighted by Gasteiger charge is 2.04. The van der Waals surface area contributed by atoms with Crippen molar-refractivity contribution in [1.82, 2.24) is 0 Å². The molecule has 0 aliphatic carbocycles. The van der Waals surface area contributed by atoms with Gasteiger partial charge in [-0.3, -0.25) is 0 Å². The number of ether oxygens (including phenoxy) is 1. The monoisotopic (exact) mass is 286 g/mol. The van der Waals surface area contributed by atoms with Crippen LogP contribution in [-0.2, 0) is 6.54 Å². The molecule has 21 heavy (non-hydrogen) atoms. The van der Waals surface area contributed by atoms with Crippen molar-refractivity contribution in [2.75, 3.05) is 31.4 Å². The maximum absolute atomic E-state index is 9.60. The minimum atomic E-state index is 0.160. The number of rotatable bonds is 5. The molecule has 0 aliphatic rings. The first-order chi connectivity index (χ1) is 10.0. The molecule has 0 aromatic heterocycles. The summed E-state index contributed by atoms with van der Waals surface area (Å²) >= 11 is 0. The summed E-state index contributed by atoms with van der Waals surface area (Å²) in [7, 11) is 5.62. The van der Waals surface area contributed by atoms with Crippen LogP contribution in [0.2, 0.25) is 0 Å². The van der Waals surface area contributed by atoms with Crippen LogP contribution < -0.4 is 15.0 Å². The van der Waals surface area contributed by atoms with Crippen LogP contribution in [0.25, 0.3) is 0 Å². The second-order valence-corrected chi connectivity index (χ2v) is 5.25. The molecule has 112 valence electrons. The minimum absolute atomic E-state index is 0.160. The Bertz CT molecular complexity index is 624. The molecule has 0 heterocycles. The number of nitrogens with one attached hydrogen (secondary N) is 1. The fourth-order valence-corrected chi connectivity index (χ4v) is 2.15. The van der Waals surface area contributed by atoms with E-state index in [0.717, 1.165) is 11.3 Å². The maximum atomic E-state index is 9.60. The number of nitrogens with zero attached hydrogens (tertiary/aromatic N) is 1. The average Bonchev–Trinajstić information content (AvgIpc) is 2.47. The Morgan fingerprint density at radius 2 is 1.90 bits per heavy atom. The standard InChI is InChI=1S/C17H22N2O2/c1-12-9-14(19(2)3)6-7-15(12)18-11-13-5-8-16(20)17(10-13)21-4/h5-10,18,20H,11H2,1-4H3. The van der Waals surface area contributed by atoms with Crippen molar-refractivity contribution in [3.05, 3.63) is 47.5 Å². The van der Waals surface area contributed by atoms with E-state index in [-0.39, 0.29) is 5.75 Å². The molecule has 0 saturated heterocycles. The number of phenolic OH excluding ortho intramolecular Hbond substituents is 1. The summed E-state index contributed by atoms with van der Waals surface area (Å²) in [6.45, 7) is 2.77. The van der Waals surface area contributed by atoms with E-state index in [1.54, 1.807) is 13.2 Å². The average molecular weight is 286 g/mol. The predicted octanol–water partition coefficient (Wildman–Crippen LogP) is 3.39. The molecule has 2 N–H and O–H groups in total. The first-order valence-electron chi connectivity index (χ1n) is 6.89. The zero-order valence-electron chi connectivity index (χ0n) is 13.0. The summed E-state index contributed by atoms with van der Waals surface area (Å²) in [4.78, 5) is 2.08. The predicted molar refractivity (Wildman–Crippen MR) is 87.5 cm³/mol. The summed E-state index contributed by atoms with van der Waals surface area (Å²) in [5.41, 5.74) is 4.55. The van der Waals surface area contributed by atoms with E-state index in [1.165, 1.54) is 11.3 Å². The molecule has 0 aliphatic heterocycles. The van der Waals surface area contributed by atoms with Crippen LogP contribution in [0.4, 0.5) is 11.4 Å². The molecule has 0 saturated carbocycles. The lowest BCUT2D eigenvalue weighted by Crippen LogP contribution is -2.09. The van der Waals surface area contributed by atoms with E-state index in [4.69, 9.17) is 4.74 Å². The molecule has 4 nitrogen and oxygen atoms in total. The van der Waals surface area contributed by atoms with Crippen LogP contribution in [-0.4, -0.2) is 26.3 Å². The molecule has 0 radical (unpaired) electrons. The van der Waals surface area contributed by atoms with Gasteiger partial charge in [0.2, 0.25) is 0 Å². The van der Waals surface area contributed by atoms with Gasteiger partial charge in [0.1, 0.15) is 0 Å². The van der Waals surface area contributed by atoms with E-state index >= 15 is 0 Å². The third-order valence-electron chi connectivity index (χ3n) is 3.45. The molecule has 2 aromatic carbocycles. The minimum Gasteiger partial charge on any atom is -0.504 e. The number of anilines is 2. The molecular weight excluding hydrogens is 264 g/mol. The van der Waals surface area contributed by atoms with Crippen molar-refractivity contribution in [2.24, 2.45) is 0 Å². The van der Waals surface area contributed by atoms with Gasteiger partial charge in [-0.05, 0) is 48.4 Å². The number of aryl methyl sites for hydroxylation is 1. The molecular formula is C17H22N2O2. The van der Waals surface area contributed by atoms with Crippen molar-refractivity contribution in [1.29, 1.82) is 0 Å². The van der Waals surface area contributed by atoms with E-state index in [9.17, 15) is 5.11 Å². The number of methoxy groups -OCH3 is 1. The van der Waals surface area contributed by atoms with Crippen LogP contribution in [0.15, 0.2) is 36.4 Å². The smallest absolute Gasteiger partial charge is 0.160 e. The number of benzene rings is 2. The third-order valence-corrected chi connectivity index (χ3v) is 3.45. The molecule has 4 heteroatoms. The molecule has 2 rings (SSSR count). The van der Waals surface area contributed by atoms with E-state index < -0.39 is 0 Å². The van der Waals surface area contributed by atoms with Gasteiger partial charge in [0.25, 0.3) is 0 Å². The number of hydrogen-bond acceptors (Lipinski definition) is 4. The van der Waals surface area contributed by atoms with E-state index in [0.29, 0.717) is 12.3 Å². The number of phenols is 1. The number of hydrogen-bond donors (Lipinski definition) is 2. The molecule has 0 atom stereocenters. The van der Waals surface area contributed by atoms with Gasteiger partial charge < -0.3 is 20.1 Å². The lowest BCUT2D eigenvalue weighted by molar-refractivity contribution is 0.373. The highest BCUT2D eigenvalue weighted by atomic mass is 16.5. The summed E-state index contributed by atoms with van der Waals surface area (Å²) in [6.07, 6.45) is 0. The van der Waals surface area contributed by atoms with Gasteiger partial charge in [-0.1, -0.05) is 6.07 Å². The van der Waals surface area contributed by atoms with E-state index in [2.05, 4.69) is 35.3 Å². The highest BCUT2D eigenvalue weighted by molar-refractivity contribution is 5.60. The van der Waals surface area contributed by atoms with Gasteiger partial charge >= 0.3 is 0 Å². The Morgan fingerprint density at radius 1 is 1.14 bits per heavy atom. The Labute approximate surface area is 126 Å². The first-order valence-corrected chi connectivity index (χ1v) is 6.89. The zero-order valence-corrected chi connectivity index (χ0v) is 13.0. The molecule has 0 unspecified atom stereocenters. The van der Waals surface area contributed by atoms with Gasteiger partial charge in [-0.25, -0.2) is 0 Å². The van der Waals surface area contributed by atoms with Crippen molar-refractivity contribution >= 4 is 11.4 Å². The molecule has 2 aromatic rings. The first kappa shape index (κ1) is 15.0. The molecule has 0 spiro atoms. The fraction of sp³-hybridized carbons (Fsp3) is 0.294. The summed E-state index contributed by atoms with van der Waals surface area (Å²) in [6, 6.07) is 11.7. The quantitative estimate of drug-likeness (QED) is 0.884. The number of aromatic hydroxyl groups is 1. The largest absolute Gasteiger partial charge is 0.504 e. The van der Waals surface area contributed by atoms with Crippen molar-refractivity contribution in [3.63, 3.8) is 0 Å². The van der Waals surface area contributed by atoms with Crippen molar-refractivity contribution in [2.45, 2.75) is 13.5 Å². The normalized spacial score (nSPS) is 10.3. The third kappa shape index (κ3) is 3.60. The van der Waals surface area contributed by atoms with Gasteiger partial charge in [0.15, 0.2) is 11.5 Å². The lowest BCUT2D eigenvalue weighted by Gasteiger charge is -2.16. The van der Waals surface area contributed by atoms with Gasteiger partial charge in [0.05, 0.1) is 7.11 Å². The van der Waals surface area contributed by atoms with E-state index in [1.807, 2.05) is 26.2 Å². The maximum Gasteiger partial charge on any atom is 0.160 e. The van der Waals surface area contributed by atoms with Crippen molar-refractivity contribution < 1.29 is 9.84 Å². The Morgan fingerprint density at radius 3 is 2.52 bits per heavy atom. The molecule has 0 amide bonds. The summed E-state index contributed by atoms with van der Waals surface area (Å²) in [5, 5.41) is 13.0. The summed E-state index contributed by atoms with van der Waals surface area (Å²) in [5.74, 6) is 0.654. The van der Waals surface area contributed by atoms with Crippen LogP contribution in [0, 0.1) is 6.92 Å². The fourth-order valence-electron chi connectivity index (χ4n) is 2.15. The van der Waals surface area contributed by atoms with Crippen LogP contribution in [0.1, 0.15) is 11.1 Å². The van der Waals surface area contributed by atoms with Gasteiger partial charge in [-0.2, -0.15) is 0 Å². The lowest BCUT2D eigenvalue weighted by atomic mass is 10.1. The van der Waals surface area contributed by atoms with Gasteiger partial charge in [0, 0.05) is 32.0 Å². The Hall–Kier alpha value is -2.36. The topological polar surface area (TPSA) is 44.7 Å². The van der Waals surface area contributed by atoms with Crippen LogP contribution in [0.5, 0.6) is 11.5 Å². The van der Waals surface area contributed by atoms with Crippen LogP contribution >= 0.6 is 0 Å². The van der Waals surface area contributed by atoms with Crippen molar-refractivity contribution in [3.8, 4) is 11.5 Å². The Kier molecular flexibility index (Phi) is 4.58. The molecule has 0 bridgehead atoms. The molecule has 0 fully saturated rings. The van der Waals surface area contributed by atoms with Gasteiger partial charge in [-0.15, -0.1) is 0 Å². The zero-order chi connectivity index (χ0) is 15.4. The second kappa shape index (κ2) is 6.39. The second-order valence-electron chi connectivity index (χ2n) is 5.25. The SMILES string of the molecule is COc1cc(CNc2ccc(N(C)C)cc2C)ccc1O. The highest BCUT2D eigenvalue weighted by Crippen LogP contribution is 2.27. The Balaban J connectivity index is 2.09.